The first-order valence-electron chi connectivity index (χ1n) is 8.95. The summed E-state index contributed by atoms with van der Waals surface area (Å²) in [5, 5.41) is 3.54. The van der Waals surface area contributed by atoms with Crippen molar-refractivity contribution < 1.29 is 0 Å². The van der Waals surface area contributed by atoms with Crippen LogP contribution in [0.3, 0.4) is 0 Å². The maximum absolute atomic E-state index is 3.90. The minimum absolute atomic E-state index is 0.0165. The fraction of sp³-hybridized carbons (Fsp3) is 0.120. The summed E-state index contributed by atoms with van der Waals surface area (Å²) in [6.07, 6.45) is 3.72. The van der Waals surface area contributed by atoms with E-state index in [1.54, 1.807) is 0 Å². The minimum atomic E-state index is 0.0165. The van der Waals surface area contributed by atoms with E-state index in [1.807, 2.05) is 12.2 Å². The molecule has 0 saturated heterocycles. The molecule has 128 valence electrons. The number of hydrogen-bond donors (Lipinski definition) is 1. The average Bonchev–Trinajstić information content (AvgIpc) is 2.89. The normalized spacial score (nSPS) is 13.6. The smallest absolute Gasteiger partial charge is 0.0390 e. The summed E-state index contributed by atoms with van der Waals surface area (Å²) in [7, 11) is 0. The van der Waals surface area contributed by atoms with Gasteiger partial charge in [-0.2, -0.15) is 0 Å². The fourth-order valence-electron chi connectivity index (χ4n) is 3.96. The SMILES string of the molecule is C=Cc1ccc(Nc2ccc3c(c2)C(C)(C)c2ccccc2-3)cc1C=C. The lowest BCUT2D eigenvalue weighted by atomic mass is 9.82. The molecule has 3 aromatic carbocycles. The van der Waals surface area contributed by atoms with Crippen molar-refractivity contribution in [3.63, 3.8) is 0 Å². The second-order valence-corrected chi connectivity index (χ2v) is 7.31. The quantitative estimate of drug-likeness (QED) is 0.539. The molecular weight excluding hydrogens is 314 g/mol. The maximum Gasteiger partial charge on any atom is 0.0390 e. The van der Waals surface area contributed by atoms with Crippen LogP contribution in [0.1, 0.15) is 36.1 Å². The van der Waals surface area contributed by atoms with E-state index in [2.05, 4.69) is 93.0 Å². The van der Waals surface area contributed by atoms with Crippen LogP contribution in [-0.4, -0.2) is 0 Å². The van der Waals surface area contributed by atoms with E-state index < -0.39 is 0 Å². The Morgan fingerprint density at radius 1 is 0.731 bits per heavy atom. The third-order valence-corrected chi connectivity index (χ3v) is 5.40. The predicted octanol–water partition coefficient (Wildman–Crippen LogP) is 7.02. The van der Waals surface area contributed by atoms with Gasteiger partial charge in [-0.15, -0.1) is 0 Å². The molecule has 0 fully saturated rings. The van der Waals surface area contributed by atoms with Crippen LogP contribution in [0, 0.1) is 0 Å². The van der Waals surface area contributed by atoms with Crippen molar-refractivity contribution in [1.82, 2.24) is 0 Å². The molecule has 0 heterocycles. The lowest BCUT2D eigenvalue weighted by molar-refractivity contribution is 0.660. The summed E-state index contributed by atoms with van der Waals surface area (Å²) >= 11 is 0. The van der Waals surface area contributed by atoms with Crippen LogP contribution in [-0.2, 0) is 5.41 Å². The monoisotopic (exact) mass is 337 g/mol. The molecule has 1 aliphatic carbocycles. The summed E-state index contributed by atoms with van der Waals surface area (Å²) in [6.45, 7) is 12.4. The minimum Gasteiger partial charge on any atom is -0.355 e. The van der Waals surface area contributed by atoms with Gasteiger partial charge in [0.25, 0.3) is 0 Å². The maximum atomic E-state index is 3.90. The number of nitrogens with one attached hydrogen (secondary N) is 1. The van der Waals surface area contributed by atoms with Crippen LogP contribution < -0.4 is 5.32 Å². The van der Waals surface area contributed by atoms with Crippen LogP contribution in [0.25, 0.3) is 23.3 Å². The number of anilines is 2. The van der Waals surface area contributed by atoms with E-state index >= 15 is 0 Å². The zero-order valence-electron chi connectivity index (χ0n) is 15.3. The second-order valence-electron chi connectivity index (χ2n) is 7.31. The van der Waals surface area contributed by atoms with E-state index in [1.165, 1.54) is 22.3 Å². The summed E-state index contributed by atoms with van der Waals surface area (Å²) in [4.78, 5) is 0. The molecule has 0 atom stereocenters. The zero-order chi connectivity index (χ0) is 18.3. The molecule has 0 aliphatic heterocycles. The highest BCUT2D eigenvalue weighted by Crippen LogP contribution is 2.49. The Morgan fingerprint density at radius 3 is 2.15 bits per heavy atom. The third-order valence-electron chi connectivity index (χ3n) is 5.40. The van der Waals surface area contributed by atoms with Gasteiger partial charge < -0.3 is 5.32 Å². The number of rotatable bonds is 4. The molecular formula is C25H23N. The van der Waals surface area contributed by atoms with Gasteiger partial charge in [0, 0.05) is 16.8 Å². The van der Waals surface area contributed by atoms with Gasteiger partial charge in [0.15, 0.2) is 0 Å². The van der Waals surface area contributed by atoms with Crippen molar-refractivity contribution in [2.24, 2.45) is 0 Å². The van der Waals surface area contributed by atoms with Gasteiger partial charge >= 0.3 is 0 Å². The third kappa shape index (κ3) is 2.48. The average molecular weight is 337 g/mol. The van der Waals surface area contributed by atoms with Crippen molar-refractivity contribution >= 4 is 23.5 Å². The van der Waals surface area contributed by atoms with Gasteiger partial charge in [-0.1, -0.05) is 75.6 Å². The predicted molar refractivity (Wildman–Crippen MR) is 114 cm³/mol. The van der Waals surface area contributed by atoms with E-state index in [4.69, 9.17) is 0 Å². The molecule has 0 radical (unpaired) electrons. The van der Waals surface area contributed by atoms with Crippen LogP contribution in [0.4, 0.5) is 11.4 Å². The van der Waals surface area contributed by atoms with Crippen molar-refractivity contribution in [3.8, 4) is 11.1 Å². The van der Waals surface area contributed by atoms with E-state index in [9.17, 15) is 0 Å². The zero-order valence-corrected chi connectivity index (χ0v) is 15.3. The standard InChI is InChI=1S/C25H23N/c1-5-17-11-12-19(15-18(17)6-2)26-20-13-14-22-21-9-7-8-10-23(21)25(3,4)24(22)16-20/h5-16,26H,1-2H2,3-4H3. The van der Waals surface area contributed by atoms with Gasteiger partial charge in [-0.25, -0.2) is 0 Å². The van der Waals surface area contributed by atoms with Crippen LogP contribution in [0.15, 0.2) is 73.8 Å². The Bertz CT molecular complexity index is 1020. The van der Waals surface area contributed by atoms with Crippen LogP contribution >= 0.6 is 0 Å². The number of hydrogen-bond acceptors (Lipinski definition) is 1. The molecule has 0 saturated carbocycles. The molecule has 0 bridgehead atoms. The largest absolute Gasteiger partial charge is 0.355 e. The molecule has 0 spiro atoms. The Kier molecular flexibility index (Phi) is 3.81. The molecule has 0 aromatic heterocycles. The Balaban J connectivity index is 1.73. The highest BCUT2D eigenvalue weighted by atomic mass is 14.9. The van der Waals surface area contributed by atoms with Crippen molar-refractivity contribution in [2.75, 3.05) is 5.32 Å². The van der Waals surface area contributed by atoms with Gasteiger partial charge in [0.1, 0.15) is 0 Å². The van der Waals surface area contributed by atoms with Gasteiger partial charge in [-0.05, 0) is 57.6 Å². The summed E-state index contributed by atoms with van der Waals surface area (Å²) < 4.78 is 0. The molecule has 1 heteroatoms. The fourth-order valence-corrected chi connectivity index (χ4v) is 3.96. The molecule has 26 heavy (non-hydrogen) atoms. The Morgan fingerprint density at radius 2 is 1.38 bits per heavy atom. The number of fused-ring (bicyclic) bond motifs is 3. The van der Waals surface area contributed by atoms with Crippen LogP contribution in [0.5, 0.6) is 0 Å². The molecule has 0 amide bonds. The van der Waals surface area contributed by atoms with Gasteiger partial charge in [0.2, 0.25) is 0 Å². The highest BCUT2D eigenvalue weighted by molar-refractivity contribution is 5.83. The molecule has 4 rings (SSSR count). The summed E-state index contributed by atoms with van der Waals surface area (Å²) in [6, 6.07) is 21.6. The van der Waals surface area contributed by atoms with E-state index in [0.29, 0.717) is 0 Å². The van der Waals surface area contributed by atoms with E-state index in [-0.39, 0.29) is 5.41 Å². The second kappa shape index (κ2) is 6.03. The van der Waals surface area contributed by atoms with Crippen molar-refractivity contribution in [3.05, 3.63) is 96.1 Å². The lowest BCUT2D eigenvalue weighted by Gasteiger charge is -2.22. The topological polar surface area (TPSA) is 12.0 Å². The Hall–Kier alpha value is -3.06. The van der Waals surface area contributed by atoms with Gasteiger partial charge in [0.05, 0.1) is 0 Å². The lowest BCUT2D eigenvalue weighted by Crippen LogP contribution is -2.15. The summed E-state index contributed by atoms with van der Waals surface area (Å²) in [5.41, 5.74) is 9.81. The molecule has 1 N–H and O–H groups in total. The molecule has 0 unspecified atom stereocenters. The van der Waals surface area contributed by atoms with Crippen LogP contribution in [0.2, 0.25) is 0 Å². The Labute approximate surface area is 155 Å². The first-order valence-corrected chi connectivity index (χ1v) is 8.95. The number of benzene rings is 3. The molecule has 1 nitrogen and oxygen atoms in total. The van der Waals surface area contributed by atoms with Crippen molar-refractivity contribution in [1.29, 1.82) is 0 Å². The highest BCUT2D eigenvalue weighted by Gasteiger charge is 2.35. The molecule has 3 aromatic rings. The first-order chi connectivity index (χ1) is 12.5. The first kappa shape index (κ1) is 16.4. The summed E-state index contributed by atoms with van der Waals surface area (Å²) in [5.74, 6) is 0. The van der Waals surface area contributed by atoms with Gasteiger partial charge in [-0.3, -0.25) is 0 Å². The van der Waals surface area contributed by atoms with E-state index in [0.717, 1.165) is 22.5 Å². The van der Waals surface area contributed by atoms with Crippen molar-refractivity contribution in [2.45, 2.75) is 19.3 Å². The molecule has 1 aliphatic rings.